The van der Waals surface area contributed by atoms with E-state index < -0.39 is 17.6 Å². The van der Waals surface area contributed by atoms with Crippen LogP contribution in [0.2, 0.25) is 0 Å². The third-order valence-corrected chi connectivity index (χ3v) is 5.15. The Hall–Kier alpha value is -4.26. The van der Waals surface area contributed by atoms with Gasteiger partial charge in [0.25, 0.3) is 11.8 Å². The second-order valence-corrected chi connectivity index (χ2v) is 7.93. The summed E-state index contributed by atoms with van der Waals surface area (Å²) >= 11 is 0. The summed E-state index contributed by atoms with van der Waals surface area (Å²) in [5.74, 6) is -1.74. The molecule has 0 spiro atoms. The number of carbonyl (C=O) groups excluding carboxylic acids is 3. The van der Waals surface area contributed by atoms with Crippen molar-refractivity contribution >= 4 is 40.4 Å². The van der Waals surface area contributed by atoms with Gasteiger partial charge in [-0.25, -0.2) is 9.29 Å². The summed E-state index contributed by atoms with van der Waals surface area (Å²) in [7, 11) is 0. The molecule has 33 heavy (non-hydrogen) atoms. The third-order valence-electron chi connectivity index (χ3n) is 5.15. The number of aryl methyl sites for hydroxylation is 2. The van der Waals surface area contributed by atoms with Crippen molar-refractivity contribution in [3.8, 4) is 0 Å². The topological polar surface area (TPSA) is 78.5 Å². The monoisotopic (exact) mass is 443 g/mol. The van der Waals surface area contributed by atoms with Crippen LogP contribution in [0.1, 0.15) is 23.6 Å². The van der Waals surface area contributed by atoms with Gasteiger partial charge in [-0.15, -0.1) is 0 Å². The molecule has 3 amide bonds. The fourth-order valence-corrected chi connectivity index (χ4v) is 3.85. The summed E-state index contributed by atoms with van der Waals surface area (Å²) in [4.78, 5) is 39.2. The summed E-state index contributed by atoms with van der Waals surface area (Å²) in [6.07, 6.45) is 0. The van der Waals surface area contributed by atoms with Gasteiger partial charge in [-0.05, 0) is 79.1 Å². The maximum absolute atomic E-state index is 13.4. The molecule has 0 radical (unpaired) electrons. The number of carbonyl (C=O) groups is 3. The van der Waals surface area contributed by atoms with Crippen molar-refractivity contribution in [3.63, 3.8) is 0 Å². The van der Waals surface area contributed by atoms with Crippen molar-refractivity contribution in [3.05, 3.63) is 94.9 Å². The lowest BCUT2D eigenvalue weighted by Gasteiger charge is -2.15. The van der Waals surface area contributed by atoms with Crippen molar-refractivity contribution in [1.29, 1.82) is 0 Å². The fourth-order valence-electron chi connectivity index (χ4n) is 3.85. The maximum atomic E-state index is 13.4. The molecule has 0 aromatic heterocycles. The number of hydrogen-bond acceptors (Lipinski definition) is 4. The minimum absolute atomic E-state index is 0.126. The van der Waals surface area contributed by atoms with Gasteiger partial charge in [-0.3, -0.25) is 14.4 Å². The lowest BCUT2D eigenvalue weighted by atomic mass is 10.0. The van der Waals surface area contributed by atoms with E-state index in [4.69, 9.17) is 0 Å². The zero-order valence-electron chi connectivity index (χ0n) is 18.4. The predicted molar refractivity (Wildman–Crippen MR) is 126 cm³/mol. The average Bonchev–Trinajstić information content (AvgIpc) is 2.98. The number of nitrogens with one attached hydrogen (secondary N) is 2. The first kappa shape index (κ1) is 22.0. The molecule has 166 valence electrons. The van der Waals surface area contributed by atoms with Crippen LogP contribution >= 0.6 is 0 Å². The van der Waals surface area contributed by atoms with Crippen molar-refractivity contribution in [2.75, 3.05) is 15.5 Å². The SMILES string of the molecule is CC(=O)Nc1ccc(C2=C(Nc3cc(C)cc(C)c3)C(=O)N(c3ccc(F)cc3)C2=O)cc1. The van der Waals surface area contributed by atoms with Crippen LogP contribution in [0.15, 0.2) is 72.4 Å². The first-order chi connectivity index (χ1) is 15.7. The smallest absolute Gasteiger partial charge is 0.282 e. The minimum Gasteiger partial charge on any atom is -0.350 e. The average molecular weight is 443 g/mol. The van der Waals surface area contributed by atoms with E-state index in [1.54, 1.807) is 24.3 Å². The molecule has 7 heteroatoms. The zero-order chi connectivity index (χ0) is 23.7. The normalized spacial score (nSPS) is 13.5. The zero-order valence-corrected chi connectivity index (χ0v) is 18.4. The molecule has 6 nitrogen and oxygen atoms in total. The number of nitrogens with zero attached hydrogens (tertiary/aromatic N) is 1. The van der Waals surface area contributed by atoms with E-state index in [0.717, 1.165) is 16.0 Å². The molecule has 1 aliphatic rings. The Morgan fingerprint density at radius 3 is 2.00 bits per heavy atom. The van der Waals surface area contributed by atoms with E-state index in [2.05, 4.69) is 10.6 Å². The molecule has 0 unspecified atom stereocenters. The molecule has 2 N–H and O–H groups in total. The molecule has 3 aromatic rings. The molecule has 1 aliphatic heterocycles. The van der Waals surface area contributed by atoms with Gasteiger partial charge in [0.15, 0.2) is 0 Å². The van der Waals surface area contributed by atoms with Crippen LogP contribution < -0.4 is 15.5 Å². The Kier molecular flexibility index (Phi) is 5.79. The first-order valence-corrected chi connectivity index (χ1v) is 10.3. The highest BCUT2D eigenvalue weighted by atomic mass is 19.1. The highest BCUT2D eigenvalue weighted by Crippen LogP contribution is 2.34. The van der Waals surface area contributed by atoms with Gasteiger partial charge in [0, 0.05) is 18.3 Å². The predicted octanol–water partition coefficient (Wildman–Crippen LogP) is 4.80. The Morgan fingerprint density at radius 1 is 0.818 bits per heavy atom. The van der Waals surface area contributed by atoms with Crippen LogP contribution in [0.3, 0.4) is 0 Å². The Balaban J connectivity index is 1.80. The van der Waals surface area contributed by atoms with Crippen LogP contribution in [-0.4, -0.2) is 17.7 Å². The lowest BCUT2D eigenvalue weighted by Crippen LogP contribution is -2.32. The first-order valence-electron chi connectivity index (χ1n) is 10.3. The maximum Gasteiger partial charge on any atom is 0.282 e. The summed E-state index contributed by atoms with van der Waals surface area (Å²) in [5, 5.41) is 5.81. The molecule has 4 rings (SSSR count). The summed E-state index contributed by atoms with van der Waals surface area (Å²) in [5.41, 5.74) is 4.37. The number of anilines is 3. The number of rotatable bonds is 5. The Bertz CT molecular complexity index is 1280. The van der Waals surface area contributed by atoms with Gasteiger partial charge < -0.3 is 10.6 Å². The number of halogens is 1. The van der Waals surface area contributed by atoms with Crippen molar-refractivity contribution < 1.29 is 18.8 Å². The van der Waals surface area contributed by atoms with Crippen LogP contribution in [0, 0.1) is 19.7 Å². The van der Waals surface area contributed by atoms with Crippen molar-refractivity contribution in [2.45, 2.75) is 20.8 Å². The molecule has 0 bridgehead atoms. The molecule has 0 saturated heterocycles. The number of hydrogen-bond donors (Lipinski definition) is 2. The molecule has 3 aromatic carbocycles. The lowest BCUT2D eigenvalue weighted by molar-refractivity contribution is -0.120. The van der Waals surface area contributed by atoms with E-state index >= 15 is 0 Å². The standard InChI is InChI=1S/C26H22FN3O3/c1-15-12-16(2)14-21(13-15)29-24-23(18-4-8-20(9-5-18)28-17(3)31)25(32)30(26(24)33)22-10-6-19(27)7-11-22/h4-14,29H,1-3H3,(H,28,31). The van der Waals surface area contributed by atoms with Gasteiger partial charge in [-0.2, -0.15) is 0 Å². The quantitative estimate of drug-likeness (QED) is 0.556. The van der Waals surface area contributed by atoms with Crippen LogP contribution in [-0.2, 0) is 14.4 Å². The second kappa shape index (κ2) is 8.70. The second-order valence-electron chi connectivity index (χ2n) is 7.93. The van der Waals surface area contributed by atoms with E-state index in [9.17, 15) is 18.8 Å². The number of imide groups is 1. The minimum atomic E-state index is -0.535. The van der Waals surface area contributed by atoms with Gasteiger partial charge in [-0.1, -0.05) is 18.2 Å². The van der Waals surface area contributed by atoms with E-state index in [0.29, 0.717) is 16.9 Å². The molecular formula is C26H22FN3O3. The van der Waals surface area contributed by atoms with Crippen molar-refractivity contribution in [2.24, 2.45) is 0 Å². The van der Waals surface area contributed by atoms with E-state index in [-0.39, 0.29) is 22.9 Å². The van der Waals surface area contributed by atoms with Gasteiger partial charge in [0.05, 0.1) is 11.3 Å². The van der Waals surface area contributed by atoms with Crippen LogP contribution in [0.25, 0.3) is 5.57 Å². The summed E-state index contributed by atoms with van der Waals surface area (Å²) in [6.45, 7) is 5.29. The Labute approximate surface area is 190 Å². The third kappa shape index (κ3) is 4.52. The largest absolute Gasteiger partial charge is 0.350 e. The highest BCUT2D eigenvalue weighted by molar-refractivity contribution is 6.46. The van der Waals surface area contributed by atoms with Crippen LogP contribution in [0.4, 0.5) is 21.5 Å². The molecule has 0 fully saturated rings. The van der Waals surface area contributed by atoms with Crippen LogP contribution in [0.5, 0.6) is 0 Å². The summed E-state index contributed by atoms with van der Waals surface area (Å²) < 4.78 is 13.4. The van der Waals surface area contributed by atoms with E-state index in [1.807, 2.05) is 32.0 Å². The van der Waals surface area contributed by atoms with Gasteiger partial charge in [0.1, 0.15) is 11.5 Å². The molecule has 0 aliphatic carbocycles. The fraction of sp³-hybridized carbons (Fsp3) is 0.115. The highest BCUT2D eigenvalue weighted by Gasteiger charge is 2.40. The van der Waals surface area contributed by atoms with Gasteiger partial charge in [0.2, 0.25) is 5.91 Å². The molecule has 0 atom stereocenters. The molecular weight excluding hydrogens is 421 g/mol. The number of benzene rings is 3. The molecule has 1 heterocycles. The summed E-state index contributed by atoms with van der Waals surface area (Å²) in [6, 6.07) is 17.6. The van der Waals surface area contributed by atoms with Gasteiger partial charge >= 0.3 is 0 Å². The Morgan fingerprint density at radius 2 is 1.42 bits per heavy atom. The van der Waals surface area contributed by atoms with Crippen molar-refractivity contribution in [1.82, 2.24) is 0 Å². The van der Waals surface area contributed by atoms with E-state index in [1.165, 1.54) is 31.2 Å². The molecule has 0 saturated carbocycles. The number of amides is 3.